The number of piperazine rings is 2. The van der Waals surface area contributed by atoms with Gasteiger partial charge in [0, 0.05) is 58.9 Å². The molecular weight excluding hydrogens is 192 g/mol. The van der Waals surface area contributed by atoms with Crippen LogP contribution in [-0.4, -0.2) is 85.5 Å². The Hall–Kier alpha value is -0.200. The third-order valence-corrected chi connectivity index (χ3v) is 3.26. The Morgan fingerprint density at radius 2 is 1.47 bits per heavy atom. The summed E-state index contributed by atoms with van der Waals surface area (Å²) in [5.41, 5.74) is 0. The van der Waals surface area contributed by atoms with Crippen LogP contribution in [0.1, 0.15) is 0 Å². The molecule has 0 aromatic rings. The van der Waals surface area contributed by atoms with Gasteiger partial charge in [0.05, 0.1) is 6.61 Å². The lowest BCUT2D eigenvalue weighted by Crippen LogP contribution is -2.58. The van der Waals surface area contributed by atoms with Crippen LogP contribution in [-0.2, 0) is 0 Å². The van der Waals surface area contributed by atoms with Gasteiger partial charge in [-0.05, 0) is 0 Å². The highest BCUT2D eigenvalue weighted by Crippen LogP contribution is 2.06. The minimum absolute atomic E-state index is 0.285. The largest absolute Gasteiger partial charge is 0.395 e. The Balaban J connectivity index is 1.72. The summed E-state index contributed by atoms with van der Waals surface area (Å²) in [5.74, 6) is 0. The molecule has 2 rings (SSSR count). The van der Waals surface area contributed by atoms with E-state index in [0.717, 1.165) is 58.9 Å². The van der Waals surface area contributed by atoms with Crippen molar-refractivity contribution < 1.29 is 5.11 Å². The average Bonchev–Trinajstić information content (AvgIpc) is 2.32. The van der Waals surface area contributed by atoms with Gasteiger partial charge in [0.25, 0.3) is 0 Å². The number of nitrogens with zero attached hydrogens (tertiary/aromatic N) is 3. The Morgan fingerprint density at radius 3 is 2.07 bits per heavy atom. The van der Waals surface area contributed by atoms with Gasteiger partial charge in [0.1, 0.15) is 0 Å². The fourth-order valence-electron chi connectivity index (χ4n) is 2.32. The molecule has 2 aliphatic rings. The maximum atomic E-state index is 8.86. The molecule has 0 spiro atoms. The predicted octanol–water partition coefficient (Wildman–Crippen LogP) is -1.58. The molecule has 2 fully saturated rings. The SMILES string of the molecule is OCCN1CCN(N2CCNCC2)CC1. The van der Waals surface area contributed by atoms with Crippen LogP contribution in [0, 0.1) is 0 Å². The third kappa shape index (κ3) is 3.12. The summed E-state index contributed by atoms with van der Waals surface area (Å²) >= 11 is 0. The van der Waals surface area contributed by atoms with Gasteiger partial charge in [-0.25, -0.2) is 10.0 Å². The molecule has 0 aromatic carbocycles. The molecule has 2 heterocycles. The molecule has 2 aliphatic heterocycles. The molecule has 0 unspecified atom stereocenters. The highest BCUT2D eigenvalue weighted by Gasteiger charge is 2.22. The number of hydrogen-bond acceptors (Lipinski definition) is 5. The number of rotatable bonds is 3. The van der Waals surface area contributed by atoms with Gasteiger partial charge in [0.2, 0.25) is 0 Å². The van der Waals surface area contributed by atoms with Crippen LogP contribution < -0.4 is 5.32 Å². The van der Waals surface area contributed by atoms with Crippen molar-refractivity contribution in [3.05, 3.63) is 0 Å². The number of aliphatic hydroxyl groups excluding tert-OH is 1. The molecule has 0 aliphatic carbocycles. The van der Waals surface area contributed by atoms with E-state index >= 15 is 0 Å². The van der Waals surface area contributed by atoms with Crippen molar-refractivity contribution in [1.29, 1.82) is 0 Å². The summed E-state index contributed by atoms with van der Waals surface area (Å²) in [7, 11) is 0. The van der Waals surface area contributed by atoms with E-state index in [9.17, 15) is 0 Å². The molecule has 0 saturated carbocycles. The van der Waals surface area contributed by atoms with Gasteiger partial charge in [-0.2, -0.15) is 0 Å². The smallest absolute Gasteiger partial charge is 0.0558 e. The molecule has 0 aromatic heterocycles. The number of nitrogens with one attached hydrogen (secondary N) is 1. The first-order chi connectivity index (χ1) is 7.40. The van der Waals surface area contributed by atoms with E-state index in [1.807, 2.05) is 0 Å². The van der Waals surface area contributed by atoms with E-state index in [-0.39, 0.29) is 6.61 Å². The maximum Gasteiger partial charge on any atom is 0.0558 e. The quantitative estimate of drug-likeness (QED) is 0.593. The molecule has 0 radical (unpaired) electrons. The Bertz CT molecular complexity index is 176. The first-order valence-corrected chi connectivity index (χ1v) is 5.94. The molecule has 15 heavy (non-hydrogen) atoms. The van der Waals surface area contributed by atoms with E-state index in [2.05, 4.69) is 20.2 Å². The summed E-state index contributed by atoms with van der Waals surface area (Å²) in [5, 5.41) is 17.2. The zero-order chi connectivity index (χ0) is 10.5. The summed E-state index contributed by atoms with van der Waals surface area (Å²) in [6.07, 6.45) is 0. The monoisotopic (exact) mass is 214 g/mol. The van der Waals surface area contributed by atoms with Crippen molar-refractivity contribution >= 4 is 0 Å². The van der Waals surface area contributed by atoms with E-state index in [4.69, 9.17) is 5.11 Å². The van der Waals surface area contributed by atoms with Crippen LogP contribution in [0.5, 0.6) is 0 Å². The van der Waals surface area contributed by atoms with Gasteiger partial charge in [-0.15, -0.1) is 0 Å². The maximum absolute atomic E-state index is 8.86. The van der Waals surface area contributed by atoms with E-state index < -0.39 is 0 Å². The minimum atomic E-state index is 0.285. The van der Waals surface area contributed by atoms with Crippen molar-refractivity contribution in [3.63, 3.8) is 0 Å². The number of hydrogen-bond donors (Lipinski definition) is 2. The molecular formula is C10H22N4O. The fourth-order valence-corrected chi connectivity index (χ4v) is 2.32. The van der Waals surface area contributed by atoms with Crippen LogP contribution in [0.3, 0.4) is 0 Å². The number of hydrazine groups is 1. The van der Waals surface area contributed by atoms with Gasteiger partial charge >= 0.3 is 0 Å². The molecule has 5 nitrogen and oxygen atoms in total. The summed E-state index contributed by atoms with van der Waals surface area (Å²) < 4.78 is 0. The van der Waals surface area contributed by atoms with Crippen molar-refractivity contribution in [1.82, 2.24) is 20.2 Å². The van der Waals surface area contributed by atoms with Crippen molar-refractivity contribution in [3.8, 4) is 0 Å². The molecule has 2 saturated heterocycles. The van der Waals surface area contributed by atoms with Crippen LogP contribution in [0.15, 0.2) is 0 Å². The normalized spacial score (nSPS) is 27.0. The second kappa shape index (κ2) is 5.77. The van der Waals surface area contributed by atoms with Crippen LogP contribution in [0.4, 0.5) is 0 Å². The summed E-state index contributed by atoms with van der Waals surface area (Å²) in [6, 6.07) is 0. The zero-order valence-corrected chi connectivity index (χ0v) is 9.36. The van der Waals surface area contributed by atoms with Crippen molar-refractivity contribution in [2.75, 3.05) is 65.5 Å². The molecule has 88 valence electrons. The standard InChI is InChI=1S/C10H22N4O/c15-10-9-12-5-7-14(8-6-12)13-3-1-11-2-4-13/h11,15H,1-10H2. The summed E-state index contributed by atoms with van der Waals surface area (Å²) in [6.45, 7) is 10.0. The second-order valence-electron chi connectivity index (χ2n) is 4.22. The topological polar surface area (TPSA) is 42.0 Å². The number of aliphatic hydroxyl groups is 1. The third-order valence-electron chi connectivity index (χ3n) is 3.26. The Labute approximate surface area is 91.6 Å². The highest BCUT2D eigenvalue weighted by atomic mass is 16.3. The predicted molar refractivity (Wildman–Crippen MR) is 59.5 cm³/mol. The van der Waals surface area contributed by atoms with Gasteiger partial charge in [-0.1, -0.05) is 0 Å². The lowest BCUT2D eigenvalue weighted by Gasteiger charge is -2.42. The second-order valence-corrected chi connectivity index (χ2v) is 4.22. The summed E-state index contributed by atoms with van der Waals surface area (Å²) in [4.78, 5) is 2.33. The molecule has 0 atom stereocenters. The lowest BCUT2D eigenvalue weighted by atomic mass is 10.3. The van der Waals surface area contributed by atoms with E-state index in [0.29, 0.717) is 0 Å². The van der Waals surface area contributed by atoms with Crippen molar-refractivity contribution in [2.45, 2.75) is 0 Å². The van der Waals surface area contributed by atoms with Crippen LogP contribution in [0.25, 0.3) is 0 Å². The molecule has 0 bridgehead atoms. The Kier molecular flexibility index (Phi) is 4.34. The van der Waals surface area contributed by atoms with Crippen LogP contribution in [0.2, 0.25) is 0 Å². The van der Waals surface area contributed by atoms with Crippen LogP contribution >= 0.6 is 0 Å². The van der Waals surface area contributed by atoms with Gasteiger partial charge < -0.3 is 10.4 Å². The van der Waals surface area contributed by atoms with E-state index in [1.54, 1.807) is 0 Å². The first-order valence-electron chi connectivity index (χ1n) is 5.94. The van der Waals surface area contributed by atoms with Gasteiger partial charge in [0.15, 0.2) is 0 Å². The number of β-amino-alcohol motifs (C(OH)–C–C–N with tert-alkyl or cyclic N) is 1. The minimum Gasteiger partial charge on any atom is -0.395 e. The molecule has 2 N–H and O–H groups in total. The molecule has 5 heteroatoms. The Morgan fingerprint density at radius 1 is 0.867 bits per heavy atom. The first kappa shape index (κ1) is 11.3. The van der Waals surface area contributed by atoms with Crippen molar-refractivity contribution in [2.24, 2.45) is 0 Å². The van der Waals surface area contributed by atoms with Gasteiger partial charge in [-0.3, -0.25) is 4.90 Å². The average molecular weight is 214 g/mol. The highest BCUT2D eigenvalue weighted by molar-refractivity contribution is 4.73. The zero-order valence-electron chi connectivity index (χ0n) is 9.36. The lowest BCUT2D eigenvalue weighted by molar-refractivity contribution is -0.0651. The molecule has 0 amide bonds. The fraction of sp³-hybridized carbons (Fsp3) is 1.00. The van der Waals surface area contributed by atoms with E-state index in [1.165, 1.54) is 0 Å².